The summed E-state index contributed by atoms with van der Waals surface area (Å²) in [5, 5.41) is 0. The first-order chi connectivity index (χ1) is 14.5. The zero-order valence-corrected chi connectivity index (χ0v) is 18.1. The second kappa shape index (κ2) is 5.95. The van der Waals surface area contributed by atoms with E-state index in [1.54, 1.807) is 0 Å². The van der Waals surface area contributed by atoms with Crippen molar-refractivity contribution in [1.82, 2.24) is 0 Å². The quantitative estimate of drug-likeness (QED) is 0.373. The molecule has 1 spiro atoms. The number of allylic oxidation sites excluding steroid dienone is 6. The first-order valence-electron chi connectivity index (χ1n) is 10.9. The lowest BCUT2D eigenvalue weighted by atomic mass is 9.68. The molecular formula is C30H26. The van der Waals surface area contributed by atoms with Gasteiger partial charge in [-0.15, -0.1) is 0 Å². The van der Waals surface area contributed by atoms with Crippen molar-refractivity contribution in [2.75, 3.05) is 0 Å². The largest absolute Gasteiger partial charge is 0.0798 e. The van der Waals surface area contributed by atoms with E-state index >= 15 is 0 Å². The van der Waals surface area contributed by atoms with Gasteiger partial charge < -0.3 is 0 Å². The molecule has 0 unspecified atom stereocenters. The molecule has 0 heterocycles. The molecular weight excluding hydrogens is 360 g/mol. The molecule has 0 fully saturated rings. The topological polar surface area (TPSA) is 0 Å². The van der Waals surface area contributed by atoms with Crippen molar-refractivity contribution in [2.45, 2.75) is 39.5 Å². The van der Waals surface area contributed by atoms with Crippen LogP contribution in [0.2, 0.25) is 0 Å². The third kappa shape index (κ3) is 2.12. The minimum absolute atomic E-state index is 0.227. The molecule has 0 heteroatoms. The molecule has 0 saturated carbocycles. The molecule has 146 valence electrons. The van der Waals surface area contributed by atoms with E-state index in [4.69, 9.17) is 0 Å². The van der Waals surface area contributed by atoms with Gasteiger partial charge in [-0.05, 0) is 78.6 Å². The van der Waals surface area contributed by atoms with Crippen LogP contribution in [0.25, 0.3) is 16.7 Å². The van der Waals surface area contributed by atoms with Crippen molar-refractivity contribution in [1.29, 1.82) is 0 Å². The minimum atomic E-state index is -0.227. The Hall–Kier alpha value is -3.12. The monoisotopic (exact) mass is 386 g/mol. The van der Waals surface area contributed by atoms with Gasteiger partial charge >= 0.3 is 0 Å². The Morgan fingerprint density at radius 1 is 0.633 bits per heavy atom. The average molecular weight is 387 g/mol. The Bertz CT molecular complexity index is 1290. The molecule has 30 heavy (non-hydrogen) atoms. The summed E-state index contributed by atoms with van der Waals surface area (Å²) in [6, 6.07) is 21.1. The van der Waals surface area contributed by atoms with Gasteiger partial charge in [0.2, 0.25) is 0 Å². The summed E-state index contributed by atoms with van der Waals surface area (Å²) in [4.78, 5) is 0. The number of rotatable bonds is 0. The molecule has 0 atom stereocenters. The number of fused-ring (bicyclic) bond motifs is 9. The predicted octanol–water partition coefficient (Wildman–Crippen LogP) is 7.60. The van der Waals surface area contributed by atoms with E-state index < -0.39 is 0 Å². The van der Waals surface area contributed by atoms with Crippen LogP contribution in [-0.2, 0) is 5.41 Å². The van der Waals surface area contributed by atoms with Crippen LogP contribution in [0.1, 0.15) is 52.3 Å². The van der Waals surface area contributed by atoms with Crippen LogP contribution < -0.4 is 0 Å². The van der Waals surface area contributed by atoms with Gasteiger partial charge in [0.25, 0.3) is 0 Å². The molecule has 3 aromatic carbocycles. The fourth-order valence-electron chi connectivity index (χ4n) is 5.86. The molecule has 0 radical (unpaired) electrons. The van der Waals surface area contributed by atoms with Gasteiger partial charge in [-0.1, -0.05) is 95.1 Å². The van der Waals surface area contributed by atoms with Crippen LogP contribution >= 0.6 is 0 Å². The summed E-state index contributed by atoms with van der Waals surface area (Å²) >= 11 is 0. The normalized spacial score (nSPS) is 17.4. The Morgan fingerprint density at radius 2 is 1.13 bits per heavy atom. The van der Waals surface area contributed by atoms with Gasteiger partial charge in [0.05, 0.1) is 5.41 Å². The van der Waals surface area contributed by atoms with Crippen LogP contribution in [0.3, 0.4) is 0 Å². The lowest BCUT2D eigenvalue weighted by molar-refractivity contribution is 0.781. The van der Waals surface area contributed by atoms with E-state index in [1.807, 2.05) is 0 Å². The van der Waals surface area contributed by atoms with Crippen molar-refractivity contribution >= 4 is 5.57 Å². The van der Waals surface area contributed by atoms with Crippen molar-refractivity contribution in [3.8, 4) is 11.1 Å². The average Bonchev–Trinajstić information content (AvgIpc) is 3.03. The molecule has 0 bridgehead atoms. The summed E-state index contributed by atoms with van der Waals surface area (Å²) in [5.41, 5.74) is 16.5. The molecule has 0 N–H and O–H groups in total. The lowest BCUT2D eigenvalue weighted by Crippen LogP contribution is -2.27. The molecule has 0 aromatic heterocycles. The third-order valence-corrected chi connectivity index (χ3v) is 7.13. The number of benzene rings is 3. The summed E-state index contributed by atoms with van der Waals surface area (Å²) in [7, 11) is 0. The predicted molar refractivity (Wildman–Crippen MR) is 127 cm³/mol. The van der Waals surface area contributed by atoms with Crippen molar-refractivity contribution in [3.63, 3.8) is 0 Å². The van der Waals surface area contributed by atoms with Crippen molar-refractivity contribution in [2.24, 2.45) is 0 Å². The zero-order valence-electron chi connectivity index (χ0n) is 18.1. The fourth-order valence-corrected chi connectivity index (χ4v) is 5.86. The van der Waals surface area contributed by atoms with Gasteiger partial charge in [-0.3, -0.25) is 0 Å². The maximum Gasteiger partial charge on any atom is 0.0725 e. The van der Waals surface area contributed by atoms with Crippen molar-refractivity contribution < 1.29 is 0 Å². The van der Waals surface area contributed by atoms with E-state index in [0.29, 0.717) is 0 Å². The first-order valence-corrected chi connectivity index (χ1v) is 10.9. The number of aryl methyl sites for hydroxylation is 3. The summed E-state index contributed by atoms with van der Waals surface area (Å²) in [5.74, 6) is 0. The maximum absolute atomic E-state index is 2.48. The van der Waals surface area contributed by atoms with Gasteiger partial charge in [0, 0.05) is 0 Å². The van der Waals surface area contributed by atoms with Crippen LogP contribution in [0.15, 0.2) is 84.0 Å². The van der Waals surface area contributed by atoms with E-state index in [0.717, 1.165) is 6.42 Å². The lowest BCUT2D eigenvalue weighted by Gasteiger charge is -2.32. The standard InChI is InChI=1S/C30H26/c1-18-6-5-7-22-23-11-8-19(2)15-27(23)30(26(22)14-18)28-16-20(3)9-12-24(28)25-13-10-21(4)17-29(25)30/h5,7-17H,6H2,1-4H3. The van der Waals surface area contributed by atoms with Crippen LogP contribution in [-0.4, -0.2) is 0 Å². The van der Waals surface area contributed by atoms with Gasteiger partial charge in [0.15, 0.2) is 0 Å². The smallest absolute Gasteiger partial charge is 0.0725 e. The molecule has 0 aliphatic heterocycles. The molecule has 3 aromatic rings. The highest BCUT2D eigenvalue weighted by Gasteiger charge is 2.52. The van der Waals surface area contributed by atoms with E-state index in [1.165, 1.54) is 66.8 Å². The Labute approximate surface area is 179 Å². The molecule has 0 amide bonds. The van der Waals surface area contributed by atoms with Crippen LogP contribution in [0.5, 0.6) is 0 Å². The maximum atomic E-state index is 2.48. The third-order valence-electron chi connectivity index (χ3n) is 7.13. The van der Waals surface area contributed by atoms with Gasteiger partial charge in [0.1, 0.15) is 0 Å². The second-order valence-electron chi connectivity index (χ2n) is 9.32. The van der Waals surface area contributed by atoms with Crippen LogP contribution in [0.4, 0.5) is 0 Å². The van der Waals surface area contributed by atoms with E-state index in [-0.39, 0.29) is 5.41 Å². The highest BCUT2D eigenvalue weighted by Crippen LogP contribution is 2.63. The van der Waals surface area contributed by atoms with E-state index in [9.17, 15) is 0 Å². The van der Waals surface area contributed by atoms with Crippen molar-refractivity contribution in [3.05, 3.63) is 123 Å². The highest BCUT2D eigenvalue weighted by atomic mass is 14.5. The number of hydrogen-bond donors (Lipinski definition) is 0. The fraction of sp³-hybridized carbons (Fsp3) is 0.200. The first kappa shape index (κ1) is 17.7. The minimum Gasteiger partial charge on any atom is -0.0798 e. The molecule has 3 aliphatic carbocycles. The Kier molecular flexibility index (Phi) is 3.51. The van der Waals surface area contributed by atoms with Gasteiger partial charge in [-0.25, -0.2) is 0 Å². The summed E-state index contributed by atoms with van der Waals surface area (Å²) in [6.07, 6.45) is 8.20. The SMILES string of the molecule is CC1=CC2=C(C=CC1)c1ccc(C)cc1C21c2cc(C)ccc2-c2ccc(C)cc21. The summed E-state index contributed by atoms with van der Waals surface area (Å²) in [6.45, 7) is 8.93. The molecule has 0 nitrogen and oxygen atoms in total. The highest BCUT2D eigenvalue weighted by molar-refractivity contribution is 5.98. The summed E-state index contributed by atoms with van der Waals surface area (Å²) < 4.78 is 0. The van der Waals surface area contributed by atoms with E-state index in [2.05, 4.69) is 101 Å². The zero-order chi connectivity index (χ0) is 20.6. The Balaban J connectivity index is 1.86. The molecule has 3 aliphatic rings. The Morgan fingerprint density at radius 3 is 1.70 bits per heavy atom. The number of hydrogen-bond acceptors (Lipinski definition) is 0. The molecule has 6 rings (SSSR count). The van der Waals surface area contributed by atoms with Gasteiger partial charge in [-0.2, -0.15) is 0 Å². The van der Waals surface area contributed by atoms with Crippen LogP contribution in [0, 0.1) is 20.8 Å². The molecule has 0 saturated heterocycles. The second-order valence-corrected chi connectivity index (χ2v) is 9.32.